The Morgan fingerprint density at radius 2 is 1.00 bits per heavy atom. The van der Waals surface area contributed by atoms with Gasteiger partial charge in [-0.25, -0.2) is 0 Å². The minimum Gasteiger partial charge on any atom is 0 e. The van der Waals surface area contributed by atoms with E-state index in [0.717, 1.165) is 0 Å². The summed E-state index contributed by atoms with van der Waals surface area (Å²) in [5.41, 5.74) is 0. The number of hydrogen-bond acceptors (Lipinski definition) is 0. The first-order valence-corrected chi connectivity index (χ1v) is 0. The Labute approximate surface area is 69.5 Å². The minimum atomic E-state index is 0. The smallest absolute Gasteiger partial charge is 0 e. The van der Waals surface area contributed by atoms with Crippen molar-refractivity contribution in [2.45, 2.75) is 0 Å². The van der Waals surface area contributed by atoms with E-state index in [1.54, 1.807) is 0 Å². The van der Waals surface area contributed by atoms with E-state index in [0.29, 0.717) is 0 Å². The van der Waals surface area contributed by atoms with Gasteiger partial charge in [-0.05, 0) is 0 Å². The van der Waals surface area contributed by atoms with Crippen molar-refractivity contribution in [3.05, 3.63) is 0 Å². The third kappa shape index (κ3) is 8.91. The topological polar surface area (TPSA) is 0 Å². The maximum absolute atomic E-state index is 0. The van der Waals surface area contributed by atoms with Crippen molar-refractivity contribution in [1.29, 1.82) is 0 Å². The fraction of sp³-hybridized carbons (Fsp3) is 0. The van der Waals surface area contributed by atoms with Crippen molar-refractivity contribution in [2.75, 3.05) is 0 Å². The molecular formula is CoCrNiRu. The van der Waals surface area contributed by atoms with Crippen molar-refractivity contribution in [3.63, 3.8) is 0 Å². The second kappa shape index (κ2) is 19.2. The van der Waals surface area contributed by atoms with Crippen LogP contribution >= 0.6 is 0 Å². The predicted octanol–water partition coefficient (Wildman–Crippen LogP) is -0.0100. The van der Waals surface area contributed by atoms with Gasteiger partial charge in [0.25, 0.3) is 0 Å². The molecule has 0 heterocycles. The van der Waals surface area contributed by atoms with Crippen LogP contribution in [0.3, 0.4) is 0 Å². The molecule has 0 amide bonds. The predicted molar refractivity (Wildman–Crippen MR) is 0 cm³/mol. The molecule has 0 fully saturated rings. The number of hydrogen-bond donors (Lipinski definition) is 0. The summed E-state index contributed by atoms with van der Waals surface area (Å²) in [6, 6.07) is 0. The molecule has 0 aliphatic rings. The Hall–Kier alpha value is 2.16. The van der Waals surface area contributed by atoms with Gasteiger partial charge in [-0.1, -0.05) is 0 Å². The van der Waals surface area contributed by atoms with Gasteiger partial charge in [0.2, 0.25) is 0 Å². The van der Waals surface area contributed by atoms with Crippen molar-refractivity contribution in [1.82, 2.24) is 0 Å². The first-order chi connectivity index (χ1) is 0. The zero-order chi connectivity index (χ0) is 0. The molecule has 0 spiro atoms. The van der Waals surface area contributed by atoms with Crippen LogP contribution in [-0.4, -0.2) is 0 Å². The summed E-state index contributed by atoms with van der Waals surface area (Å²) in [4.78, 5) is 0. The summed E-state index contributed by atoms with van der Waals surface area (Å²) in [5, 5.41) is 0. The van der Waals surface area contributed by atoms with Crippen molar-refractivity contribution in [2.24, 2.45) is 0 Å². The molecule has 0 N–H and O–H groups in total. The van der Waals surface area contributed by atoms with Crippen molar-refractivity contribution < 1.29 is 70.1 Å². The third-order valence-corrected chi connectivity index (χ3v) is 0. The molecule has 0 rings (SSSR count). The standard InChI is InChI=1S/Co.Cr.Ni.Ru. The molecule has 0 saturated carbocycles. The van der Waals surface area contributed by atoms with E-state index in [1.807, 2.05) is 0 Å². The second-order valence-electron chi connectivity index (χ2n) is 0. The van der Waals surface area contributed by atoms with Gasteiger partial charge in [-0.2, -0.15) is 0 Å². The first kappa shape index (κ1) is 35.2. The average molecular weight is 271 g/mol. The van der Waals surface area contributed by atoms with E-state index >= 15 is 0 Å². The summed E-state index contributed by atoms with van der Waals surface area (Å²) >= 11 is 0. The molecule has 0 nitrogen and oxygen atoms in total. The Balaban J connectivity index is 0. The molecule has 33 valence electrons. The van der Waals surface area contributed by atoms with Gasteiger partial charge in [-0.15, -0.1) is 0 Å². The van der Waals surface area contributed by atoms with E-state index in [9.17, 15) is 0 Å². The molecule has 1 radical (unpaired) electrons. The average Bonchev–Trinajstić information content (AvgIpc) is 0. The molecular weight excluding hydrogens is 271 g/mol. The van der Waals surface area contributed by atoms with Crippen LogP contribution in [0.4, 0.5) is 0 Å². The van der Waals surface area contributed by atoms with Gasteiger partial charge in [0, 0.05) is 70.1 Å². The second-order valence-corrected chi connectivity index (χ2v) is 0. The van der Waals surface area contributed by atoms with Gasteiger partial charge in [0.1, 0.15) is 0 Å². The molecule has 0 bridgehead atoms. The van der Waals surface area contributed by atoms with Crippen molar-refractivity contribution in [3.8, 4) is 0 Å². The monoisotopic (exact) mass is 271 g/mol. The van der Waals surface area contributed by atoms with Crippen LogP contribution in [0.1, 0.15) is 0 Å². The zero-order valence-electron chi connectivity index (χ0n) is 1.41. The summed E-state index contributed by atoms with van der Waals surface area (Å²) in [6.07, 6.45) is 0. The van der Waals surface area contributed by atoms with Crippen LogP contribution < -0.4 is 0 Å². The van der Waals surface area contributed by atoms with E-state index < -0.39 is 0 Å². The fourth-order valence-corrected chi connectivity index (χ4v) is 0. The van der Waals surface area contributed by atoms with Gasteiger partial charge in [0.05, 0.1) is 0 Å². The molecule has 0 aromatic heterocycles. The molecule has 0 aliphatic carbocycles. The first-order valence-electron chi connectivity index (χ1n) is 0. The summed E-state index contributed by atoms with van der Waals surface area (Å²) in [7, 11) is 0. The number of rotatable bonds is 0. The zero-order valence-corrected chi connectivity index (χ0v) is 6.45. The maximum atomic E-state index is 0. The van der Waals surface area contributed by atoms with E-state index in [-0.39, 0.29) is 70.1 Å². The van der Waals surface area contributed by atoms with Gasteiger partial charge < -0.3 is 0 Å². The molecule has 0 unspecified atom stereocenters. The van der Waals surface area contributed by atoms with E-state index in [1.165, 1.54) is 0 Å². The van der Waals surface area contributed by atoms with Gasteiger partial charge >= 0.3 is 0 Å². The molecule has 4 heavy (non-hydrogen) atoms. The van der Waals surface area contributed by atoms with Crippen LogP contribution in [-0.2, 0) is 70.1 Å². The maximum Gasteiger partial charge on any atom is 0 e. The molecule has 4 heteroatoms. The van der Waals surface area contributed by atoms with Gasteiger partial charge in [0.15, 0.2) is 0 Å². The summed E-state index contributed by atoms with van der Waals surface area (Å²) in [5.74, 6) is 0. The van der Waals surface area contributed by atoms with E-state index in [4.69, 9.17) is 0 Å². The van der Waals surface area contributed by atoms with Crippen LogP contribution in [0.2, 0.25) is 0 Å². The third-order valence-electron chi connectivity index (χ3n) is 0. The SMILES string of the molecule is [Co].[Cr].[Ni].[Ru]. The summed E-state index contributed by atoms with van der Waals surface area (Å²) in [6.45, 7) is 0. The van der Waals surface area contributed by atoms with Gasteiger partial charge in [-0.3, -0.25) is 0 Å². The molecule has 0 aromatic carbocycles. The quantitative estimate of drug-likeness (QED) is 0.543. The van der Waals surface area contributed by atoms with Crippen LogP contribution in [0, 0.1) is 0 Å². The molecule has 0 atom stereocenters. The fourth-order valence-electron chi connectivity index (χ4n) is 0. The molecule has 0 saturated heterocycles. The van der Waals surface area contributed by atoms with E-state index in [2.05, 4.69) is 0 Å². The normalized spacial score (nSPS) is 0. The van der Waals surface area contributed by atoms with Crippen LogP contribution in [0.15, 0.2) is 0 Å². The Bertz CT molecular complexity index is 8.00. The Morgan fingerprint density at radius 3 is 1.00 bits per heavy atom. The largest absolute Gasteiger partial charge is 0 e. The Kier molecular flexibility index (Phi) is 169. The van der Waals surface area contributed by atoms with Crippen molar-refractivity contribution >= 4 is 0 Å². The van der Waals surface area contributed by atoms with Crippen LogP contribution in [0.5, 0.6) is 0 Å². The van der Waals surface area contributed by atoms with Crippen LogP contribution in [0.25, 0.3) is 0 Å². The molecule has 0 aliphatic heterocycles. The minimum absolute atomic E-state index is 0. The Morgan fingerprint density at radius 1 is 1.00 bits per heavy atom. The molecule has 0 aromatic rings. The summed E-state index contributed by atoms with van der Waals surface area (Å²) < 4.78 is 0.